The van der Waals surface area contributed by atoms with Crippen molar-refractivity contribution in [2.45, 2.75) is 25.4 Å². The average Bonchev–Trinajstić information content (AvgIpc) is 3.06. The molecule has 0 amide bonds. The Balaban J connectivity index is 1.76. The van der Waals surface area contributed by atoms with Crippen LogP contribution in [-0.4, -0.2) is 21.2 Å². The van der Waals surface area contributed by atoms with Gasteiger partial charge in [-0.05, 0) is 37.4 Å². The van der Waals surface area contributed by atoms with Crippen molar-refractivity contribution in [2.75, 3.05) is 7.05 Å². The molecule has 2 aromatic heterocycles. The standard InChI is InChI=1S/C14H19ClN4/c1-16-14(10-3-4-10)11-5-6-19(8-11)9-13-17-7-12(15)18(13)2/h5-8,10,14,16H,3-4,9H2,1-2H3. The molecule has 102 valence electrons. The number of nitrogens with zero attached hydrogens (tertiary/aromatic N) is 3. The second-order valence-electron chi connectivity index (χ2n) is 5.28. The maximum Gasteiger partial charge on any atom is 0.129 e. The Morgan fingerprint density at radius 3 is 2.89 bits per heavy atom. The Morgan fingerprint density at radius 1 is 1.53 bits per heavy atom. The van der Waals surface area contributed by atoms with E-state index in [9.17, 15) is 0 Å². The molecule has 0 bridgehead atoms. The van der Waals surface area contributed by atoms with Crippen molar-refractivity contribution in [3.8, 4) is 0 Å². The highest BCUT2D eigenvalue weighted by Gasteiger charge is 2.31. The van der Waals surface area contributed by atoms with Crippen LogP contribution in [-0.2, 0) is 13.6 Å². The normalized spacial score (nSPS) is 16.8. The maximum atomic E-state index is 6.00. The number of hydrogen-bond acceptors (Lipinski definition) is 2. The summed E-state index contributed by atoms with van der Waals surface area (Å²) in [6.07, 6.45) is 8.70. The second-order valence-corrected chi connectivity index (χ2v) is 5.66. The highest BCUT2D eigenvalue weighted by Crippen LogP contribution is 2.40. The Labute approximate surface area is 118 Å². The second kappa shape index (κ2) is 5.02. The molecule has 3 rings (SSSR count). The van der Waals surface area contributed by atoms with E-state index < -0.39 is 0 Å². The molecule has 4 nitrogen and oxygen atoms in total. The average molecular weight is 279 g/mol. The topological polar surface area (TPSA) is 34.8 Å². The van der Waals surface area contributed by atoms with Crippen molar-refractivity contribution in [3.63, 3.8) is 0 Å². The zero-order chi connectivity index (χ0) is 13.4. The van der Waals surface area contributed by atoms with Crippen LogP contribution >= 0.6 is 11.6 Å². The van der Waals surface area contributed by atoms with E-state index in [0.717, 1.165) is 18.3 Å². The molecule has 0 saturated heterocycles. The van der Waals surface area contributed by atoms with Gasteiger partial charge in [-0.3, -0.25) is 0 Å². The van der Waals surface area contributed by atoms with E-state index in [0.29, 0.717) is 11.2 Å². The van der Waals surface area contributed by atoms with Gasteiger partial charge in [-0.2, -0.15) is 0 Å². The number of halogens is 1. The molecule has 1 N–H and O–H groups in total. The van der Waals surface area contributed by atoms with Crippen LogP contribution < -0.4 is 5.32 Å². The first kappa shape index (κ1) is 12.8. The molecule has 1 aliphatic rings. The first-order valence-corrected chi connectivity index (χ1v) is 7.06. The van der Waals surface area contributed by atoms with Crippen LogP contribution in [0.2, 0.25) is 5.15 Å². The van der Waals surface area contributed by atoms with Crippen LogP contribution in [0.4, 0.5) is 0 Å². The lowest BCUT2D eigenvalue weighted by Crippen LogP contribution is -2.17. The summed E-state index contributed by atoms with van der Waals surface area (Å²) in [6.45, 7) is 0.754. The van der Waals surface area contributed by atoms with Crippen LogP contribution in [0.25, 0.3) is 0 Å². The molecule has 0 aromatic carbocycles. The van der Waals surface area contributed by atoms with Crippen molar-refractivity contribution >= 4 is 11.6 Å². The van der Waals surface area contributed by atoms with Gasteiger partial charge >= 0.3 is 0 Å². The summed E-state index contributed by atoms with van der Waals surface area (Å²) in [5.74, 6) is 1.78. The fourth-order valence-corrected chi connectivity index (χ4v) is 2.73. The largest absolute Gasteiger partial charge is 0.346 e. The molecule has 0 spiro atoms. The summed E-state index contributed by atoms with van der Waals surface area (Å²) in [4.78, 5) is 4.33. The fourth-order valence-electron chi connectivity index (χ4n) is 2.58. The van der Waals surface area contributed by atoms with Gasteiger partial charge in [0.1, 0.15) is 11.0 Å². The molecule has 19 heavy (non-hydrogen) atoms. The van der Waals surface area contributed by atoms with Crippen LogP contribution in [0, 0.1) is 5.92 Å². The summed E-state index contributed by atoms with van der Waals surface area (Å²) in [5.41, 5.74) is 1.37. The molecule has 1 unspecified atom stereocenters. The summed E-state index contributed by atoms with van der Waals surface area (Å²) in [6, 6.07) is 2.69. The molecular formula is C14H19ClN4. The summed E-state index contributed by atoms with van der Waals surface area (Å²) in [7, 11) is 3.98. The molecule has 1 aliphatic carbocycles. The molecule has 1 fully saturated rings. The fraction of sp³-hybridized carbons (Fsp3) is 0.500. The number of rotatable bonds is 5. The Morgan fingerprint density at radius 2 is 2.32 bits per heavy atom. The Kier molecular flexibility index (Phi) is 3.37. The Hall–Kier alpha value is -1.26. The van der Waals surface area contributed by atoms with Crippen LogP contribution in [0.5, 0.6) is 0 Å². The number of imidazole rings is 1. The highest BCUT2D eigenvalue weighted by molar-refractivity contribution is 6.29. The van der Waals surface area contributed by atoms with Gasteiger partial charge in [-0.25, -0.2) is 4.98 Å². The maximum absolute atomic E-state index is 6.00. The van der Waals surface area contributed by atoms with Gasteiger partial charge in [0.2, 0.25) is 0 Å². The van der Waals surface area contributed by atoms with Gasteiger partial charge in [0.25, 0.3) is 0 Å². The van der Waals surface area contributed by atoms with Gasteiger partial charge in [-0.15, -0.1) is 0 Å². The van der Waals surface area contributed by atoms with Crippen LogP contribution in [0.3, 0.4) is 0 Å². The quantitative estimate of drug-likeness (QED) is 0.912. The molecule has 5 heteroatoms. The van der Waals surface area contributed by atoms with E-state index in [1.54, 1.807) is 6.20 Å². The minimum Gasteiger partial charge on any atom is -0.346 e. The molecule has 2 heterocycles. The smallest absolute Gasteiger partial charge is 0.129 e. The van der Waals surface area contributed by atoms with Crippen LogP contribution in [0.15, 0.2) is 24.7 Å². The third-order valence-electron chi connectivity index (χ3n) is 3.89. The van der Waals surface area contributed by atoms with E-state index >= 15 is 0 Å². The lowest BCUT2D eigenvalue weighted by Gasteiger charge is -2.13. The predicted octanol–water partition coefficient (Wildman–Crippen LogP) is 2.59. The molecule has 1 saturated carbocycles. The molecule has 1 atom stereocenters. The molecule has 2 aromatic rings. The lowest BCUT2D eigenvalue weighted by atomic mass is 10.1. The third kappa shape index (κ3) is 2.55. The Bertz CT molecular complexity index is 568. The van der Waals surface area contributed by atoms with Crippen molar-refractivity contribution < 1.29 is 0 Å². The van der Waals surface area contributed by atoms with E-state index in [1.165, 1.54) is 18.4 Å². The summed E-state index contributed by atoms with van der Waals surface area (Å²) >= 11 is 6.00. The van der Waals surface area contributed by atoms with Crippen molar-refractivity contribution in [1.29, 1.82) is 0 Å². The number of hydrogen-bond donors (Lipinski definition) is 1. The first-order valence-electron chi connectivity index (χ1n) is 6.68. The minimum atomic E-state index is 0.492. The number of aromatic nitrogens is 3. The molecular weight excluding hydrogens is 260 g/mol. The zero-order valence-corrected chi connectivity index (χ0v) is 12.1. The van der Waals surface area contributed by atoms with E-state index in [2.05, 4.69) is 33.3 Å². The summed E-state index contributed by atoms with van der Waals surface area (Å²) in [5, 5.41) is 4.09. The molecule has 0 aliphatic heterocycles. The predicted molar refractivity (Wildman–Crippen MR) is 76.3 cm³/mol. The van der Waals surface area contributed by atoms with Gasteiger partial charge in [0.05, 0.1) is 12.7 Å². The van der Waals surface area contributed by atoms with Gasteiger partial charge in [-0.1, -0.05) is 11.6 Å². The third-order valence-corrected chi connectivity index (χ3v) is 4.24. The van der Waals surface area contributed by atoms with Crippen molar-refractivity contribution in [3.05, 3.63) is 41.2 Å². The van der Waals surface area contributed by atoms with Crippen molar-refractivity contribution in [1.82, 2.24) is 19.4 Å². The van der Waals surface area contributed by atoms with Gasteiger partial charge in [0.15, 0.2) is 0 Å². The first-order chi connectivity index (χ1) is 9.19. The monoisotopic (exact) mass is 278 g/mol. The van der Waals surface area contributed by atoms with Gasteiger partial charge < -0.3 is 14.5 Å². The van der Waals surface area contributed by atoms with E-state index in [1.807, 2.05) is 18.7 Å². The minimum absolute atomic E-state index is 0.492. The van der Waals surface area contributed by atoms with E-state index in [4.69, 9.17) is 11.6 Å². The van der Waals surface area contributed by atoms with E-state index in [-0.39, 0.29) is 0 Å². The number of nitrogens with one attached hydrogen (secondary N) is 1. The molecule has 0 radical (unpaired) electrons. The van der Waals surface area contributed by atoms with Crippen molar-refractivity contribution in [2.24, 2.45) is 13.0 Å². The van der Waals surface area contributed by atoms with Crippen LogP contribution in [0.1, 0.15) is 30.3 Å². The summed E-state index contributed by atoms with van der Waals surface area (Å²) < 4.78 is 4.08. The SMILES string of the molecule is CNC(c1ccn(Cc2ncc(Cl)n2C)c1)C1CC1. The zero-order valence-electron chi connectivity index (χ0n) is 11.3. The van der Waals surface area contributed by atoms with Gasteiger partial charge in [0, 0.05) is 25.5 Å². The lowest BCUT2D eigenvalue weighted by molar-refractivity contribution is 0.527. The highest BCUT2D eigenvalue weighted by atomic mass is 35.5.